The van der Waals surface area contributed by atoms with Gasteiger partial charge in [-0.05, 0) is 17.2 Å². The molecule has 0 N–H and O–H groups in total. The van der Waals surface area contributed by atoms with Crippen LogP contribution in [0.25, 0.3) is 12.2 Å². The summed E-state index contributed by atoms with van der Waals surface area (Å²) < 4.78 is 0. The summed E-state index contributed by atoms with van der Waals surface area (Å²) in [5, 5.41) is 22.9. The van der Waals surface area contributed by atoms with Crippen LogP contribution in [0.2, 0.25) is 0 Å². The van der Waals surface area contributed by atoms with Gasteiger partial charge in [-0.3, -0.25) is 14.9 Å². The standard InChI is InChI=1S/C22H15NO5.Na/c24-21(16-9-5-2-6-10-16)20-17(12-11-15-7-3-1-4-8-15)13-18(22(25)26)14-19(20)23(27)28;/h1-14H,(H,25,26);/q;+1/p-1/b12-11+;. The van der Waals surface area contributed by atoms with Crippen LogP contribution in [0.3, 0.4) is 0 Å². The quantitative estimate of drug-likeness (QED) is 0.197. The third-order valence-electron chi connectivity index (χ3n) is 4.10. The minimum absolute atomic E-state index is 0. The molecule has 0 bridgehead atoms. The Morgan fingerprint density at radius 3 is 1.97 bits per heavy atom. The number of carboxylic acids is 1. The Morgan fingerprint density at radius 1 is 0.828 bits per heavy atom. The summed E-state index contributed by atoms with van der Waals surface area (Å²) in [4.78, 5) is 35.1. The molecule has 7 heteroatoms. The van der Waals surface area contributed by atoms with Crippen molar-refractivity contribution in [1.82, 2.24) is 0 Å². The Kier molecular flexibility index (Phi) is 7.61. The first-order chi connectivity index (χ1) is 13.5. The number of rotatable bonds is 6. The molecule has 3 aromatic rings. The molecule has 0 aliphatic heterocycles. The Bertz CT molecular complexity index is 1080. The SMILES string of the molecule is O=C([O-])c1cc(/C=C/c2ccccc2)c(C(=O)c2ccccc2)c([N+](=O)[O-])c1.[Na+]. The number of carboxylic acid groups (broad SMARTS) is 1. The molecule has 0 atom stereocenters. The number of hydrogen-bond donors (Lipinski definition) is 0. The summed E-state index contributed by atoms with van der Waals surface area (Å²) in [5.74, 6) is -2.12. The number of nitro groups is 1. The second-order valence-corrected chi connectivity index (χ2v) is 5.94. The number of carbonyl (C=O) groups excluding carboxylic acids is 2. The molecule has 0 aliphatic rings. The maximum Gasteiger partial charge on any atom is 1.00 e. The van der Waals surface area contributed by atoms with Crippen molar-refractivity contribution in [3.05, 3.63) is 111 Å². The number of carbonyl (C=O) groups is 2. The fourth-order valence-electron chi connectivity index (χ4n) is 2.77. The monoisotopic (exact) mass is 395 g/mol. The van der Waals surface area contributed by atoms with Crippen molar-refractivity contribution in [2.75, 3.05) is 0 Å². The fraction of sp³-hybridized carbons (Fsp3) is 0. The third kappa shape index (κ3) is 5.26. The predicted octanol–water partition coefficient (Wildman–Crippen LogP) is 0.364. The van der Waals surface area contributed by atoms with Crippen LogP contribution in [0.15, 0.2) is 72.8 Å². The van der Waals surface area contributed by atoms with Crippen molar-refractivity contribution in [2.45, 2.75) is 0 Å². The van der Waals surface area contributed by atoms with Gasteiger partial charge in [0.2, 0.25) is 5.78 Å². The minimum atomic E-state index is -1.56. The van der Waals surface area contributed by atoms with E-state index in [1.807, 2.05) is 30.3 Å². The molecule has 3 rings (SSSR count). The zero-order chi connectivity index (χ0) is 20.1. The van der Waals surface area contributed by atoms with Crippen LogP contribution in [-0.4, -0.2) is 16.7 Å². The predicted molar refractivity (Wildman–Crippen MR) is 103 cm³/mol. The first-order valence-corrected chi connectivity index (χ1v) is 8.34. The Morgan fingerprint density at radius 2 is 1.41 bits per heavy atom. The van der Waals surface area contributed by atoms with E-state index in [1.165, 1.54) is 12.1 Å². The van der Waals surface area contributed by atoms with Crippen molar-refractivity contribution < 1.29 is 49.2 Å². The molecule has 29 heavy (non-hydrogen) atoms. The van der Waals surface area contributed by atoms with Crippen molar-refractivity contribution in [3.63, 3.8) is 0 Å². The topological polar surface area (TPSA) is 100 Å². The molecular weight excluding hydrogens is 381 g/mol. The van der Waals surface area contributed by atoms with Gasteiger partial charge in [-0.15, -0.1) is 0 Å². The van der Waals surface area contributed by atoms with Gasteiger partial charge in [-0.25, -0.2) is 0 Å². The number of ketones is 1. The van der Waals surface area contributed by atoms with Gasteiger partial charge < -0.3 is 9.90 Å². The van der Waals surface area contributed by atoms with E-state index in [4.69, 9.17) is 0 Å². The van der Waals surface area contributed by atoms with E-state index >= 15 is 0 Å². The Balaban J connectivity index is 0.00000300. The second kappa shape index (κ2) is 9.93. The number of nitrogens with zero attached hydrogens (tertiary/aromatic N) is 1. The van der Waals surface area contributed by atoms with Gasteiger partial charge >= 0.3 is 29.6 Å². The smallest absolute Gasteiger partial charge is 0.545 e. The molecule has 6 nitrogen and oxygen atoms in total. The second-order valence-electron chi connectivity index (χ2n) is 5.94. The van der Waals surface area contributed by atoms with Crippen LogP contribution in [0.1, 0.15) is 37.4 Å². The van der Waals surface area contributed by atoms with Crippen LogP contribution in [-0.2, 0) is 0 Å². The summed E-state index contributed by atoms with van der Waals surface area (Å²) in [6, 6.07) is 19.3. The maximum absolute atomic E-state index is 13.0. The van der Waals surface area contributed by atoms with Crippen molar-refractivity contribution >= 4 is 29.6 Å². The van der Waals surface area contributed by atoms with E-state index in [0.29, 0.717) is 0 Å². The summed E-state index contributed by atoms with van der Waals surface area (Å²) in [7, 11) is 0. The van der Waals surface area contributed by atoms with Crippen LogP contribution in [0.4, 0.5) is 5.69 Å². The van der Waals surface area contributed by atoms with Gasteiger partial charge in [0.15, 0.2) is 0 Å². The van der Waals surface area contributed by atoms with Gasteiger partial charge in [-0.1, -0.05) is 72.8 Å². The zero-order valence-electron chi connectivity index (χ0n) is 15.6. The van der Waals surface area contributed by atoms with Gasteiger partial charge in [0.1, 0.15) is 5.56 Å². The molecular formula is C22H14NNaO5. The first-order valence-electron chi connectivity index (χ1n) is 8.34. The third-order valence-corrected chi connectivity index (χ3v) is 4.10. The Labute approximate surface area is 188 Å². The average molecular weight is 395 g/mol. The molecule has 0 spiro atoms. The Hall–Kier alpha value is -3.06. The van der Waals surface area contributed by atoms with Gasteiger partial charge in [-0.2, -0.15) is 0 Å². The maximum atomic E-state index is 13.0. The van der Waals surface area contributed by atoms with Crippen LogP contribution < -0.4 is 34.7 Å². The number of benzene rings is 3. The fourth-order valence-corrected chi connectivity index (χ4v) is 2.77. The normalized spacial score (nSPS) is 10.3. The molecule has 3 aromatic carbocycles. The molecule has 0 aliphatic carbocycles. The van der Waals surface area contributed by atoms with E-state index in [9.17, 15) is 24.8 Å². The van der Waals surface area contributed by atoms with Crippen molar-refractivity contribution in [3.8, 4) is 0 Å². The number of nitro benzene ring substituents is 1. The molecule has 0 amide bonds. The van der Waals surface area contributed by atoms with Crippen molar-refractivity contribution in [2.24, 2.45) is 0 Å². The van der Waals surface area contributed by atoms with E-state index in [-0.39, 0.29) is 51.8 Å². The van der Waals surface area contributed by atoms with Crippen LogP contribution in [0.5, 0.6) is 0 Å². The zero-order valence-corrected chi connectivity index (χ0v) is 17.6. The minimum Gasteiger partial charge on any atom is -0.545 e. The molecule has 0 unspecified atom stereocenters. The molecule has 138 valence electrons. The summed E-state index contributed by atoms with van der Waals surface area (Å²) in [6.07, 6.45) is 3.14. The van der Waals surface area contributed by atoms with E-state index in [0.717, 1.165) is 11.6 Å². The number of hydrogen-bond acceptors (Lipinski definition) is 5. The van der Waals surface area contributed by atoms with E-state index in [2.05, 4.69) is 0 Å². The number of aromatic carboxylic acids is 1. The molecule has 0 radical (unpaired) electrons. The van der Waals surface area contributed by atoms with Gasteiger partial charge in [0, 0.05) is 17.2 Å². The summed E-state index contributed by atoms with van der Waals surface area (Å²) in [6.45, 7) is 0. The molecule has 0 fully saturated rings. The summed E-state index contributed by atoms with van der Waals surface area (Å²) >= 11 is 0. The van der Waals surface area contributed by atoms with Crippen molar-refractivity contribution in [1.29, 1.82) is 0 Å². The van der Waals surface area contributed by atoms with E-state index < -0.39 is 22.4 Å². The van der Waals surface area contributed by atoms with Gasteiger partial charge in [0.25, 0.3) is 5.69 Å². The molecule has 0 aromatic heterocycles. The molecule has 0 heterocycles. The largest absolute Gasteiger partial charge is 1.00 e. The molecule has 0 saturated carbocycles. The average Bonchev–Trinajstić information content (AvgIpc) is 2.72. The van der Waals surface area contributed by atoms with Crippen LogP contribution in [0, 0.1) is 10.1 Å². The van der Waals surface area contributed by atoms with Gasteiger partial charge in [0.05, 0.1) is 10.9 Å². The van der Waals surface area contributed by atoms with Crippen LogP contribution >= 0.6 is 0 Å². The molecule has 0 saturated heterocycles. The first kappa shape index (κ1) is 22.2. The summed E-state index contributed by atoms with van der Waals surface area (Å²) in [5.41, 5.74) is 0.0649. The van der Waals surface area contributed by atoms with E-state index in [1.54, 1.807) is 36.4 Å².